The van der Waals surface area contributed by atoms with Crippen molar-refractivity contribution in [2.75, 3.05) is 0 Å². The number of benzene rings is 1. The van der Waals surface area contributed by atoms with E-state index in [1.165, 1.54) is 37.7 Å². The molecule has 1 aliphatic rings. The molecule has 2 nitrogen and oxygen atoms in total. The van der Waals surface area contributed by atoms with Gasteiger partial charge in [0.1, 0.15) is 0 Å². The highest BCUT2D eigenvalue weighted by atomic mass is 16.4. The van der Waals surface area contributed by atoms with Gasteiger partial charge in [0.25, 0.3) is 0 Å². The van der Waals surface area contributed by atoms with E-state index in [1.54, 1.807) is 6.07 Å². The van der Waals surface area contributed by atoms with E-state index in [1.807, 2.05) is 18.2 Å². The van der Waals surface area contributed by atoms with Crippen molar-refractivity contribution in [3.63, 3.8) is 0 Å². The molecule has 0 unspecified atom stereocenters. The third kappa shape index (κ3) is 2.84. The minimum Gasteiger partial charge on any atom is -0.478 e. The molecule has 1 N–H and O–H groups in total. The topological polar surface area (TPSA) is 37.3 Å². The summed E-state index contributed by atoms with van der Waals surface area (Å²) in [4.78, 5) is 10.8. The lowest BCUT2D eigenvalue weighted by atomic mass is 9.84. The first-order valence-corrected chi connectivity index (χ1v) is 6.08. The van der Waals surface area contributed by atoms with Gasteiger partial charge >= 0.3 is 5.97 Å². The van der Waals surface area contributed by atoms with Gasteiger partial charge in [0.05, 0.1) is 5.56 Å². The summed E-state index contributed by atoms with van der Waals surface area (Å²) in [6, 6.07) is 7.37. The summed E-state index contributed by atoms with van der Waals surface area (Å²) in [6.45, 7) is 0. The second-order valence-corrected chi connectivity index (χ2v) is 4.71. The molecule has 0 saturated heterocycles. The highest BCUT2D eigenvalue weighted by molar-refractivity contribution is 5.87. The van der Waals surface area contributed by atoms with E-state index in [9.17, 15) is 4.79 Å². The van der Waals surface area contributed by atoms with Crippen LogP contribution in [0.1, 0.15) is 48.0 Å². The molecule has 1 aromatic carbocycles. The minimum atomic E-state index is -0.828. The van der Waals surface area contributed by atoms with Crippen molar-refractivity contribution in [3.05, 3.63) is 35.4 Å². The second-order valence-electron chi connectivity index (χ2n) is 4.71. The lowest BCUT2D eigenvalue weighted by molar-refractivity contribution is 0.0696. The quantitative estimate of drug-likeness (QED) is 0.843. The number of hydrogen-bond acceptors (Lipinski definition) is 1. The Labute approximate surface area is 96.3 Å². The van der Waals surface area contributed by atoms with Gasteiger partial charge in [0.2, 0.25) is 0 Å². The van der Waals surface area contributed by atoms with Gasteiger partial charge in [0.15, 0.2) is 0 Å². The van der Waals surface area contributed by atoms with Crippen LogP contribution < -0.4 is 0 Å². The molecule has 0 radical (unpaired) electrons. The Kier molecular flexibility index (Phi) is 3.60. The number of carboxylic acid groups (broad SMARTS) is 1. The average molecular weight is 218 g/mol. The molecular weight excluding hydrogens is 200 g/mol. The van der Waals surface area contributed by atoms with Gasteiger partial charge in [0, 0.05) is 0 Å². The predicted octanol–water partition coefficient (Wildman–Crippen LogP) is 3.51. The smallest absolute Gasteiger partial charge is 0.335 e. The molecule has 2 rings (SSSR count). The molecule has 0 atom stereocenters. The second kappa shape index (κ2) is 5.15. The zero-order valence-corrected chi connectivity index (χ0v) is 9.48. The number of rotatable bonds is 3. The third-order valence-electron chi connectivity index (χ3n) is 3.42. The first-order chi connectivity index (χ1) is 7.75. The van der Waals surface area contributed by atoms with Crippen LogP contribution in [0, 0.1) is 5.92 Å². The number of carboxylic acids is 1. The fourth-order valence-electron chi connectivity index (χ4n) is 2.56. The van der Waals surface area contributed by atoms with Crippen LogP contribution in [-0.4, -0.2) is 11.1 Å². The normalized spacial score (nSPS) is 17.2. The fourth-order valence-corrected chi connectivity index (χ4v) is 2.56. The fraction of sp³-hybridized carbons (Fsp3) is 0.500. The summed E-state index contributed by atoms with van der Waals surface area (Å²) < 4.78 is 0. The Morgan fingerprint density at radius 1 is 1.25 bits per heavy atom. The van der Waals surface area contributed by atoms with Crippen LogP contribution in [0.2, 0.25) is 0 Å². The molecule has 16 heavy (non-hydrogen) atoms. The Bertz CT molecular complexity index is 365. The van der Waals surface area contributed by atoms with E-state index < -0.39 is 5.97 Å². The van der Waals surface area contributed by atoms with Gasteiger partial charge < -0.3 is 5.11 Å². The van der Waals surface area contributed by atoms with Gasteiger partial charge in [-0.15, -0.1) is 0 Å². The molecule has 86 valence electrons. The standard InChI is InChI=1S/C14H18O2/c15-14(16)13-8-4-7-12(10-13)9-11-5-2-1-3-6-11/h4,7-8,10-11H,1-3,5-6,9H2,(H,15,16). The molecule has 0 heterocycles. The third-order valence-corrected chi connectivity index (χ3v) is 3.42. The molecule has 0 amide bonds. The summed E-state index contributed by atoms with van der Waals surface area (Å²) in [7, 11) is 0. The molecule has 0 spiro atoms. The molecule has 0 bridgehead atoms. The summed E-state index contributed by atoms with van der Waals surface area (Å²) >= 11 is 0. The molecule has 2 heteroatoms. The van der Waals surface area contributed by atoms with E-state index in [4.69, 9.17) is 5.11 Å². The molecule has 0 aliphatic heterocycles. The van der Waals surface area contributed by atoms with E-state index in [2.05, 4.69) is 0 Å². The van der Waals surface area contributed by atoms with Gasteiger partial charge in [-0.2, -0.15) is 0 Å². The van der Waals surface area contributed by atoms with Gasteiger partial charge in [-0.1, -0.05) is 44.2 Å². The maximum absolute atomic E-state index is 10.8. The largest absolute Gasteiger partial charge is 0.478 e. The van der Waals surface area contributed by atoms with Crippen LogP contribution in [0.4, 0.5) is 0 Å². The number of carbonyl (C=O) groups is 1. The minimum absolute atomic E-state index is 0.410. The number of hydrogen-bond donors (Lipinski definition) is 1. The first-order valence-electron chi connectivity index (χ1n) is 6.08. The van der Waals surface area contributed by atoms with Crippen molar-refractivity contribution < 1.29 is 9.90 Å². The van der Waals surface area contributed by atoms with E-state index in [0.717, 1.165) is 12.3 Å². The molecule has 1 aromatic rings. The highest BCUT2D eigenvalue weighted by Gasteiger charge is 2.14. The monoisotopic (exact) mass is 218 g/mol. The van der Waals surface area contributed by atoms with Crippen LogP contribution in [0.15, 0.2) is 24.3 Å². The van der Waals surface area contributed by atoms with Crippen LogP contribution >= 0.6 is 0 Å². The van der Waals surface area contributed by atoms with Crippen molar-refractivity contribution in [2.24, 2.45) is 5.92 Å². The van der Waals surface area contributed by atoms with Gasteiger partial charge in [-0.25, -0.2) is 4.79 Å². The average Bonchev–Trinajstić information content (AvgIpc) is 2.30. The zero-order chi connectivity index (χ0) is 11.4. The van der Waals surface area contributed by atoms with Crippen molar-refractivity contribution in [2.45, 2.75) is 38.5 Å². The lowest BCUT2D eigenvalue weighted by Gasteiger charge is -2.21. The SMILES string of the molecule is O=C(O)c1cccc(CC2CCCCC2)c1. The summed E-state index contributed by atoms with van der Waals surface area (Å²) in [6.07, 6.45) is 7.69. The molecular formula is C14H18O2. The van der Waals surface area contributed by atoms with Crippen LogP contribution in [0.5, 0.6) is 0 Å². The van der Waals surface area contributed by atoms with E-state index >= 15 is 0 Å². The van der Waals surface area contributed by atoms with Crippen molar-refractivity contribution in [1.82, 2.24) is 0 Å². The Hall–Kier alpha value is -1.31. The Morgan fingerprint density at radius 3 is 2.69 bits per heavy atom. The molecule has 0 aromatic heterocycles. The predicted molar refractivity (Wildman–Crippen MR) is 63.7 cm³/mol. The first kappa shape index (κ1) is 11.2. The van der Waals surface area contributed by atoms with Crippen molar-refractivity contribution >= 4 is 5.97 Å². The molecule has 1 saturated carbocycles. The lowest BCUT2D eigenvalue weighted by Crippen LogP contribution is -2.09. The maximum atomic E-state index is 10.8. The van der Waals surface area contributed by atoms with Crippen molar-refractivity contribution in [1.29, 1.82) is 0 Å². The van der Waals surface area contributed by atoms with Gasteiger partial charge in [-0.05, 0) is 30.0 Å². The summed E-state index contributed by atoms with van der Waals surface area (Å²) in [5.41, 5.74) is 1.58. The van der Waals surface area contributed by atoms with Crippen LogP contribution in [0.25, 0.3) is 0 Å². The van der Waals surface area contributed by atoms with Gasteiger partial charge in [-0.3, -0.25) is 0 Å². The molecule has 1 aliphatic carbocycles. The summed E-state index contributed by atoms with van der Waals surface area (Å²) in [5, 5.41) is 8.92. The Balaban J connectivity index is 2.02. The Morgan fingerprint density at radius 2 is 2.00 bits per heavy atom. The van der Waals surface area contributed by atoms with Crippen molar-refractivity contribution in [3.8, 4) is 0 Å². The summed E-state index contributed by atoms with van der Waals surface area (Å²) in [5.74, 6) is -0.0664. The zero-order valence-electron chi connectivity index (χ0n) is 9.48. The van der Waals surface area contributed by atoms with Crippen LogP contribution in [0.3, 0.4) is 0 Å². The number of aromatic carboxylic acids is 1. The van der Waals surface area contributed by atoms with E-state index in [0.29, 0.717) is 5.56 Å². The van der Waals surface area contributed by atoms with Crippen LogP contribution in [-0.2, 0) is 6.42 Å². The van der Waals surface area contributed by atoms with E-state index in [-0.39, 0.29) is 0 Å². The highest BCUT2D eigenvalue weighted by Crippen LogP contribution is 2.26. The molecule has 1 fully saturated rings. The maximum Gasteiger partial charge on any atom is 0.335 e.